The van der Waals surface area contributed by atoms with Crippen LogP contribution in [0.5, 0.6) is 0 Å². The topological polar surface area (TPSA) is 97.1 Å². The second kappa shape index (κ2) is 6.61. The van der Waals surface area contributed by atoms with E-state index >= 15 is 0 Å². The highest BCUT2D eigenvalue weighted by atomic mass is 32.2. The van der Waals surface area contributed by atoms with E-state index in [0.29, 0.717) is 17.3 Å². The largest absolute Gasteiger partial charge is 0.358 e. The van der Waals surface area contributed by atoms with Gasteiger partial charge < -0.3 is 10.6 Å². The third-order valence-corrected chi connectivity index (χ3v) is 3.79. The van der Waals surface area contributed by atoms with Gasteiger partial charge in [-0.15, -0.1) is 0 Å². The Balaban J connectivity index is 1.91. The minimum atomic E-state index is -3.68. The molecule has 110 valence electrons. The standard InChI is InChI=1S/C13H14N4O2S2/c14-21(18,19)12-5-3-11(4-6-12)17-13(20)16-9-10-2-1-7-15-8-10/h1-8H,9H2,(H2,14,18,19)(H2,16,17,20). The summed E-state index contributed by atoms with van der Waals surface area (Å²) in [4.78, 5) is 4.06. The first-order valence-corrected chi connectivity index (χ1v) is 7.97. The van der Waals surface area contributed by atoms with Crippen molar-refractivity contribution in [2.24, 2.45) is 5.14 Å². The van der Waals surface area contributed by atoms with Crippen molar-refractivity contribution < 1.29 is 8.42 Å². The number of sulfonamides is 1. The van der Waals surface area contributed by atoms with Gasteiger partial charge in [-0.05, 0) is 48.1 Å². The lowest BCUT2D eigenvalue weighted by Crippen LogP contribution is -2.27. The van der Waals surface area contributed by atoms with Crippen LogP contribution in [0.4, 0.5) is 5.69 Å². The van der Waals surface area contributed by atoms with Crippen molar-refractivity contribution >= 4 is 33.0 Å². The Morgan fingerprint density at radius 3 is 2.52 bits per heavy atom. The van der Waals surface area contributed by atoms with Crippen LogP contribution in [0.25, 0.3) is 0 Å². The highest BCUT2D eigenvalue weighted by Crippen LogP contribution is 2.12. The summed E-state index contributed by atoms with van der Waals surface area (Å²) in [5, 5.41) is 11.4. The van der Waals surface area contributed by atoms with Crippen molar-refractivity contribution in [3.63, 3.8) is 0 Å². The maximum Gasteiger partial charge on any atom is 0.238 e. The maximum atomic E-state index is 11.1. The number of nitrogens with zero attached hydrogens (tertiary/aromatic N) is 1. The van der Waals surface area contributed by atoms with Crippen molar-refractivity contribution in [2.45, 2.75) is 11.4 Å². The van der Waals surface area contributed by atoms with Crippen molar-refractivity contribution in [3.8, 4) is 0 Å². The number of thiocarbonyl (C=S) groups is 1. The predicted octanol–water partition coefficient (Wildman–Crippen LogP) is 1.22. The molecule has 0 radical (unpaired) electrons. The number of hydrogen-bond donors (Lipinski definition) is 3. The molecule has 8 heteroatoms. The smallest absolute Gasteiger partial charge is 0.238 e. The van der Waals surface area contributed by atoms with E-state index in [9.17, 15) is 8.42 Å². The van der Waals surface area contributed by atoms with Crippen molar-refractivity contribution in [3.05, 3.63) is 54.4 Å². The molecule has 0 aliphatic heterocycles. The van der Waals surface area contributed by atoms with Crippen LogP contribution in [0, 0.1) is 0 Å². The minimum absolute atomic E-state index is 0.0577. The van der Waals surface area contributed by atoms with E-state index in [0.717, 1.165) is 5.56 Å². The van der Waals surface area contributed by atoms with Gasteiger partial charge in [0.1, 0.15) is 0 Å². The van der Waals surface area contributed by atoms with E-state index in [1.807, 2.05) is 12.1 Å². The Labute approximate surface area is 128 Å². The van der Waals surface area contributed by atoms with E-state index in [4.69, 9.17) is 17.4 Å². The number of nitrogens with two attached hydrogens (primary N) is 1. The average Bonchev–Trinajstić information content (AvgIpc) is 2.46. The molecule has 2 rings (SSSR count). The van der Waals surface area contributed by atoms with Gasteiger partial charge in [0.2, 0.25) is 10.0 Å². The molecule has 2 aromatic rings. The summed E-state index contributed by atoms with van der Waals surface area (Å²) in [6, 6.07) is 9.81. The van der Waals surface area contributed by atoms with Gasteiger partial charge in [0.25, 0.3) is 0 Å². The zero-order valence-electron chi connectivity index (χ0n) is 11.0. The first kappa shape index (κ1) is 15.4. The average molecular weight is 322 g/mol. The third kappa shape index (κ3) is 4.78. The molecule has 4 N–H and O–H groups in total. The van der Waals surface area contributed by atoms with Gasteiger partial charge in [-0.1, -0.05) is 6.07 Å². The Morgan fingerprint density at radius 1 is 1.24 bits per heavy atom. The second-order valence-corrected chi connectivity index (χ2v) is 6.21. The summed E-state index contributed by atoms with van der Waals surface area (Å²) in [7, 11) is -3.68. The number of pyridine rings is 1. The van der Waals surface area contributed by atoms with Crippen molar-refractivity contribution in [2.75, 3.05) is 5.32 Å². The normalized spacial score (nSPS) is 10.9. The van der Waals surface area contributed by atoms with Gasteiger partial charge >= 0.3 is 0 Å². The molecule has 0 fully saturated rings. The Morgan fingerprint density at radius 2 is 1.95 bits per heavy atom. The molecule has 0 aliphatic carbocycles. The van der Waals surface area contributed by atoms with Crippen LogP contribution in [0.3, 0.4) is 0 Å². The molecule has 0 saturated carbocycles. The predicted molar refractivity (Wildman–Crippen MR) is 85.1 cm³/mol. The van der Waals surface area contributed by atoms with Crippen LogP contribution in [0.2, 0.25) is 0 Å². The van der Waals surface area contributed by atoms with Gasteiger partial charge in [0.15, 0.2) is 5.11 Å². The SMILES string of the molecule is NS(=O)(=O)c1ccc(NC(=S)NCc2cccnc2)cc1. The van der Waals surface area contributed by atoms with Gasteiger partial charge in [-0.3, -0.25) is 4.98 Å². The summed E-state index contributed by atoms with van der Waals surface area (Å²) >= 11 is 5.16. The van der Waals surface area contributed by atoms with E-state index < -0.39 is 10.0 Å². The molecule has 1 aromatic carbocycles. The fourth-order valence-corrected chi connectivity index (χ4v) is 2.29. The number of aromatic nitrogens is 1. The zero-order chi connectivity index (χ0) is 15.3. The maximum absolute atomic E-state index is 11.1. The lowest BCUT2D eigenvalue weighted by Gasteiger charge is -2.10. The Hall–Kier alpha value is -2.03. The summed E-state index contributed by atoms with van der Waals surface area (Å²) in [5.41, 5.74) is 1.68. The quantitative estimate of drug-likeness (QED) is 0.732. The van der Waals surface area contributed by atoms with Gasteiger partial charge in [0.05, 0.1) is 4.90 Å². The molecule has 21 heavy (non-hydrogen) atoms. The molecule has 0 atom stereocenters. The summed E-state index contributed by atoms with van der Waals surface area (Å²) in [6.07, 6.45) is 3.45. The summed E-state index contributed by atoms with van der Waals surface area (Å²) in [6.45, 7) is 0.551. The highest BCUT2D eigenvalue weighted by molar-refractivity contribution is 7.89. The van der Waals surface area contributed by atoms with Gasteiger partial charge in [-0.2, -0.15) is 0 Å². The fourth-order valence-electron chi connectivity index (χ4n) is 1.59. The van der Waals surface area contributed by atoms with Crippen LogP contribution in [0.1, 0.15) is 5.56 Å². The monoisotopic (exact) mass is 322 g/mol. The van der Waals surface area contributed by atoms with Crippen LogP contribution in [-0.2, 0) is 16.6 Å². The first-order valence-electron chi connectivity index (χ1n) is 6.02. The van der Waals surface area contributed by atoms with Crippen LogP contribution >= 0.6 is 12.2 Å². The Kier molecular flexibility index (Phi) is 4.84. The number of primary sulfonamides is 1. The van der Waals surface area contributed by atoms with Crippen LogP contribution in [-0.4, -0.2) is 18.5 Å². The molecular formula is C13H14N4O2S2. The number of benzene rings is 1. The van der Waals surface area contributed by atoms with Crippen molar-refractivity contribution in [1.29, 1.82) is 0 Å². The van der Waals surface area contributed by atoms with Crippen LogP contribution < -0.4 is 15.8 Å². The minimum Gasteiger partial charge on any atom is -0.358 e. The van der Waals surface area contributed by atoms with E-state index in [1.54, 1.807) is 24.5 Å². The van der Waals surface area contributed by atoms with Gasteiger partial charge in [-0.25, -0.2) is 13.6 Å². The number of hydrogen-bond acceptors (Lipinski definition) is 4. The number of rotatable bonds is 4. The fraction of sp³-hybridized carbons (Fsp3) is 0.0769. The van der Waals surface area contributed by atoms with Crippen molar-refractivity contribution in [1.82, 2.24) is 10.3 Å². The molecular weight excluding hydrogens is 308 g/mol. The molecule has 0 aliphatic rings. The van der Waals surface area contributed by atoms with E-state index in [2.05, 4.69) is 15.6 Å². The summed E-state index contributed by atoms with van der Waals surface area (Å²) in [5.74, 6) is 0. The molecule has 0 unspecified atom stereocenters. The second-order valence-electron chi connectivity index (χ2n) is 4.24. The molecule has 0 bridgehead atoms. The molecule has 0 spiro atoms. The lowest BCUT2D eigenvalue weighted by molar-refractivity contribution is 0.598. The van der Waals surface area contributed by atoms with E-state index in [-0.39, 0.29) is 4.90 Å². The van der Waals surface area contributed by atoms with E-state index in [1.165, 1.54) is 12.1 Å². The molecule has 1 aromatic heterocycles. The lowest BCUT2D eigenvalue weighted by atomic mass is 10.3. The first-order chi connectivity index (χ1) is 9.95. The highest BCUT2D eigenvalue weighted by Gasteiger charge is 2.07. The number of anilines is 1. The molecule has 0 saturated heterocycles. The number of nitrogens with one attached hydrogen (secondary N) is 2. The summed E-state index contributed by atoms with van der Waals surface area (Å²) < 4.78 is 22.3. The molecule has 6 nitrogen and oxygen atoms in total. The zero-order valence-corrected chi connectivity index (χ0v) is 12.6. The molecule has 1 heterocycles. The van der Waals surface area contributed by atoms with Crippen LogP contribution in [0.15, 0.2) is 53.7 Å². The molecule has 0 amide bonds. The Bertz CT molecular complexity index is 716. The third-order valence-electron chi connectivity index (χ3n) is 2.62. The van der Waals surface area contributed by atoms with Gasteiger partial charge in [0, 0.05) is 24.6 Å².